The third kappa shape index (κ3) is 6.66. The molecule has 0 aromatic rings. The number of hydrogen-bond acceptors (Lipinski definition) is 3. The normalized spacial score (nSPS) is 16.4. The summed E-state index contributed by atoms with van der Waals surface area (Å²) < 4.78 is 0. The highest BCUT2D eigenvalue weighted by Crippen LogP contribution is 2.15. The van der Waals surface area contributed by atoms with E-state index < -0.39 is 0 Å². The number of aliphatic hydroxyl groups is 2. The summed E-state index contributed by atoms with van der Waals surface area (Å²) in [7, 11) is 0. The van der Waals surface area contributed by atoms with Crippen molar-refractivity contribution >= 4 is 11.8 Å². The lowest BCUT2D eigenvalue weighted by molar-refractivity contribution is 0.196. The third-order valence-electron chi connectivity index (χ3n) is 1.61. The zero-order valence-corrected chi connectivity index (χ0v) is 8.10. The molecule has 0 saturated heterocycles. The van der Waals surface area contributed by atoms with Crippen LogP contribution in [0.4, 0.5) is 0 Å². The van der Waals surface area contributed by atoms with Gasteiger partial charge in [0.25, 0.3) is 0 Å². The number of thioether (sulfide) groups is 1. The molecule has 2 N–H and O–H groups in total. The molecule has 2 nitrogen and oxygen atoms in total. The Hall–Kier alpha value is 0.270. The quantitative estimate of drug-likeness (QED) is 0.602. The van der Waals surface area contributed by atoms with Crippen molar-refractivity contribution in [2.45, 2.75) is 38.0 Å². The molecule has 0 aliphatic carbocycles. The van der Waals surface area contributed by atoms with Crippen molar-refractivity contribution < 1.29 is 10.2 Å². The molecule has 0 fully saturated rings. The maximum atomic E-state index is 9.11. The first-order chi connectivity index (χ1) is 5.18. The van der Waals surface area contributed by atoms with Crippen LogP contribution >= 0.6 is 11.8 Å². The summed E-state index contributed by atoms with van der Waals surface area (Å²) in [5.74, 6) is 1.03. The molecule has 0 aliphatic rings. The lowest BCUT2D eigenvalue weighted by atomic mass is 10.3. The fraction of sp³-hybridized carbons (Fsp3) is 1.00. The van der Waals surface area contributed by atoms with Crippen LogP contribution in [0.3, 0.4) is 0 Å². The largest absolute Gasteiger partial charge is 0.396 e. The average molecular weight is 178 g/mol. The molecule has 0 rings (SSSR count). The van der Waals surface area contributed by atoms with Gasteiger partial charge in [-0.1, -0.05) is 6.92 Å². The molecule has 0 spiro atoms. The van der Waals surface area contributed by atoms with E-state index in [9.17, 15) is 0 Å². The highest BCUT2D eigenvalue weighted by atomic mass is 32.2. The zero-order chi connectivity index (χ0) is 8.69. The van der Waals surface area contributed by atoms with Crippen LogP contribution < -0.4 is 0 Å². The highest BCUT2D eigenvalue weighted by Gasteiger charge is 2.07. The second-order valence-electron chi connectivity index (χ2n) is 2.75. The Kier molecular flexibility index (Phi) is 7.12. The molecule has 0 amide bonds. The van der Waals surface area contributed by atoms with E-state index in [4.69, 9.17) is 10.2 Å². The molecule has 0 aromatic carbocycles. The van der Waals surface area contributed by atoms with E-state index >= 15 is 0 Å². The van der Waals surface area contributed by atoms with Gasteiger partial charge in [-0.15, -0.1) is 0 Å². The standard InChI is InChI=1S/C8H18O2S/c1-7(10)8(2)11-6-4-3-5-9/h7-10H,3-6H2,1-2H3. The van der Waals surface area contributed by atoms with E-state index in [0.29, 0.717) is 5.25 Å². The number of hydrogen-bond donors (Lipinski definition) is 2. The Morgan fingerprint density at radius 3 is 2.36 bits per heavy atom. The molecular formula is C8H18O2S. The molecule has 68 valence electrons. The SMILES string of the molecule is CC(O)C(C)SCCCCO. The molecule has 0 aliphatic heterocycles. The fourth-order valence-corrected chi connectivity index (χ4v) is 1.64. The van der Waals surface area contributed by atoms with Crippen LogP contribution in [0.25, 0.3) is 0 Å². The Labute approximate surface area is 73.0 Å². The van der Waals surface area contributed by atoms with Crippen molar-refractivity contribution in [2.75, 3.05) is 12.4 Å². The van der Waals surface area contributed by atoms with Gasteiger partial charge in [-0.3, -0.25) is 0 Å². The first-order valence-corrected chi connectivity index (χ1v) is 5.14. The van der Waals surface area contributed by atoms with Crippen molar-refractivity contribution in [3.8, 4) is 0 Å². The van der Waals surface area contributed by atoms with Crippen LogP contribution in [0.5, 0.6) is 0 Å². The summed E-state index contributed by atoms with van der Waals surface area (Å²) in [6, 6.07) is 0. The number of rotatable bonds is 6. The van der Waals surface area contributed by atoms with E-state index in [1.807, 2.05) is 13.8 Å². The van der Waals surface area contributed by atoms with E-state index in [1.54, 1.807) is 11.8 Å². The van der Waals surface area contributed by atoms with Crippen LogP contribution in [0, 0.1) is 0 Å². The summed E-state index contributed by atoms with van der Waals surface area (Å²) in [4.78, 5) is 0. The maximum absolute atomic E-state index is 9.11. The number of aliphatic hydroxyl groups excluding tert-OH is 2. The van der Waals surface area contributed by atoms with Gasteiger partial charge < -0.3 is 10.2 Å². The topological polar surface area (TPSA) is 40.5 Å². The second-order valence-corrected chi connectivity index (χ2v) is 4.23. The highest BCUT2D eigenvalue weighted by molar-refractivity contribution is 7.99. The molecule has 3 heteroatoms. The Balaban J connectivity index is 3.10. The van der Waals surface area contributed by atoms with Gasteiger partial charge in [-0.25, -0.2) is 0 Å². The van der Waals surface area contributed by atoms with Gasteiger partial charge >= 0.3 is 0 Å². The molecular weight excluding hydrogens is 160 g/mol. The first kappa shape index (κ1) is 11.3. The molecule has 0 heterocycles. The summed E-state index contributed by atoms with van der Waals surface area (Å²) >= 11 is 1.76. The van der Waals surface area contributed by atoms with Crippen molar-refractivity contribution in [1.82, 2.24) is 0 Å². The van der Waals surface area contributed by atoms with Gasteiger partial charge in [-0.2, -0.15) is 11.8 Å². The van der Waals surface area contributed by atoms with Gasteiger partial charge in [-0.05, 0) is 25.5 Å². The van der Waals surface area contributed by atoms with Gasteiger partial charge in [0.2, 0.25) is 0 Å². The van der Waals surface area contributed by atoms with Gasteiger partial charge in [0.15, 0.2) is 0 Å². The second kappa shape index (κ2) is 6.95. The predicted octanol–water partition coefficient (Wildman–Crippen LogP) is 1.26. The summed E-state index contributed by atoms with van der Waals surface area (Å²) in [6.07, 6.45) is 1.69. The Bertz CT molecular complexity index is 86.2. The molecule has 0 bridgehead atoms. The van der Waals surface area contributed by atoms with Crippen molar-refractivity contribution in [3.63, 3.8) is 0 Å². The van der Waals surface area contributed by atoms with Crippen LogP contribution in [-0.4, -0.2) is 33.9 Å². The fourth-order valence-electron chi connectivity index (χ4n) is 0.622. The third-order valence-corrected chi connectivity index (χ3v) is 3.06. The van der Waals surface area contributed by atoms with Gasteiger partial charge in [0, 0.05) is 11.9 Å². The Morgan fingerprint density at radius 1 is 1.27 bits per heavy atom. The smallest absolute Gasteiger partial charge is 0.0627 e. The average Bonchev–Trinajstić information content (AvgIpc) is 1.97. The van der Waals surface area contributed by atoms with Crippen molar-refractivity contribution in [2.24, 2.45) is 0 Å². The molecule has 0 aromatic heterocycles. The molecule has 2 unspecified atom stereocenters. The molecule has 2 atom stereocenters. The van der Waals surface area contributed by atoms with E-state index in [0.717, 1.165) is 18.6 Å². The van der Waals surface area contributed by atoms with Gasteiger partial charge in [0.1, 0.15) is 0 Å². The lowest BCUT2D eigenvalue weighted by Gasteiger charge is -2.13. The minimum Gasteiger partial charge on any atom is -0.396 e. The summed E-state index contributed by atoms with van der Waals surface area (Å²) in [5.41, 5.74) is 0. The monoisotopic (exact) mass is 178 g/mol. The van der Waals surface area contributed by atoms with Crippen LogP contribution in [-0.2, 0) is 0 Å². The predicted molar refractivity (Wildman–Crippen MR) is 49.9 cm³/mol. The molecule has 11 heavy (non-hydrogen) atoms. The summed E-state index contributed by atoms with van der Waals surface area (Å²) in [6.45, 7) is 4.11. The van der Waals surface area contributed by atoms with Crippen LogP contribution in [0.1, 0.15) is 26.7 Å². The first-order valence-electron chi connectivity index (χ1n) is 4.09. The zero-order valence-electron chi connectivity index (χ0n) is 7.29. The number of unbranched alkanes of at least 4 members (excludes halogenated alkanes) is 1. The Morgan fingerprint density at radius 2 is 1.91 bits per heavy atom. The maximum Gasteiger partial charge on any atom is 0.0627 e. The van der Waals surface area contributed by atoms with Crippen LogP contribution in [0.15, 0.2) is 0 Å². The van der Waals surface area contributed by atoms with Crippen molar-refractivity contribution in [1.29, 1.82) is 0 Å². The summed E-state index contributed by atoms with van der Waals surface area (Å²) in [5, 5.41) is 17.9. The molecule has 0 saturated carbocycles. The van der Waals surface area contributed by atoms with E-state index in [-0.39, 0.29) is 12.7 Å². The minimum atomic E-state index is -0.228. The van der Waals surface area contributed by atoms with Crippen molar-refractivity contribution in [3.05, 3.63) is 0 Å². The lowest BCUT2D eigenvalue weighted by Crippen LogP contribution is -2.15. The van der Waals surface area contributed by atoms with E-state index in [1.165, 1.54) is 0 Å². The van der Waals surface area contributed by atoms with Crippen LogP contribution in [0.2, 0.25) is 0 Å². The van der Waals surface area contributed by atoms with E-state index in [2.05, 4.69) is 0 Å². The van der Waals surface area contributed by atoms with Gasteiger partial charge in [0.05, 0.1) is 6.10 Å². The molecule has 0 radical (unpaired) electrons. The minimum absolute atomic E-state index is 0.228.